The summed E-state index contributed by atoms with van der Waals surface area (Å²) in [5, 5.41) is 4.21. The average Bonchev–Trinajstić information content (AvgIpc) is 3.06. The first-order valence-corrected chi connectivity index (χ1v) is 8.62. The van der Waals surface area contributed by atoms with Gasteiger partial charge in [0.05, 0.1) is 6.20 Å². The number of aryl methyl sites for hydroxylation is 1. The number of carbonyl (C=O) groups is 1. The van der Waals surface area contributed by atoms with Crippen LogP contribution in [0.15, 0.2) is 36.7 Å². The molecule has 3 atom stereocenters. The van der Waals surface area contributed by atoms with Crippen molar-refractivity contribution >= 4 is 5.91 Å². The summed E-state index contributed by atoms with van der Waals surface area (Å²) < 4.78 is 15.2. The lowest BCUT2D eigenvalue weighted by Crippen LogP contribution is -2.30. The molecule has 4 nitrogen and oxygen atoms in total. The molecular formula is C19H22FN3O. The van der Waals surface area contributed by atoms with Crippen molar-refractivity contribution in [2.75, 3.05) is 13.1 Å². The van der Waals surface area contributed by atoms with Crippen LogP contribution in [0.5, 0.6) is 0 Å². The molecule has 1 aliphatic heterocycles. The third-order valence-corrected chi connectivity index (χ3v) is 5.26. The fourth-order valence-corrected chi connectivity index (χ4v) is 3.92. The van der Waals surface area contributed by atoms with Crippen LogP contribution in [0.3, 0.4) is 0 Å². The van der Waals surface area contributed by atoms with E-state index in [-0.39, 0.29) is 23.6 Å². The predicted molar refractivity (Wildman–Crippen MR) is 88.8 cm³/mol. The quantitative estimate of drug-likeness (QED) is 0.866. The third-order valence-electron chi connectivity index (χ3n) is 5.26. The van der Waals surface area contributed by atoms with Crippen molar-refractivity contribution in [2.45, 2.75) is 25.2 Å². The third kappa shape index (κ3) is 3.07. The van der Waals surface area contributed by atoms with Crippen LogP contribution in [-0.4, -0.2) is 33.7 Å². The van der Waals surface area contributed by atoms with E-state index in [9.17, 15) is 9.18 Å². The molecule has 4 rings (SSSR count). The Bertz CT molecular complexity index is 757. The average molecular weight is 327 g/mol. The lowest BCUT2D eigenvalue weighted by Gasteiger charge is -2.16. The molecule has 1 saturated heterocycles. The zero-order chi connectivity index (χ0) is 16.7. The van der Waals surface area contributed by atoms with Gasteiger partial charge in [0.15, 0.2) is 0 Å². The summed E-state index contributed by atoms with van der Waals surface area (Å²) in [4.78, 5) is 14.7. The Labute approximate surface area is 141 Å². The van der Waals surface area contributed by atoms with E-state index >= 15 is 0 Å². The van der Waals surface area contributed by atoms with E-state index in [2.05, 4.69) is 5.10 Å². The highest BCUT2D eigenvalue weighted by Gasteiger charge is 2.46. The first-order chi connectivity index (χ1) is 11.6. The SMILES string of the molecule is Cn1cc(C[C@H]2CCN(C(=O)[C@@H]3C[C@@H]3c3cccc(F)c3)C2)cn1. The topological polar surface area (TPSA) is 38.1 Å². The summed E-state index contributed by atoms with van der Waals surface area (Å²) in [6.45, 7) is 1.68. The summed E-state index contributed by atoms with van der Waals surface area (Å²) in [6.07, 6.45) is 6.84. The highest BCUT2D eigenvalue weighted by molar-refractivity contribution is 5.83. The Morgan fingerprint density at radius 2 is 2.29 bits per heavy atom. The van der Waals surface area contributed by atoms with Crippen LogP contribution in [0.1, 0.15) is 29.9 Å². The molecule has 2 aliphatic rings. The van der Waals surface area contributed by atoms with Crippen molar-refractivity contribution in [2.24, 2.45) is 18.9 Å². The fraction of sp³-hybridized carbons (Fsp3) is 0.474. The molecule has 0 N–H and O–H groups in total. The molecule has 0 bridgehead atoms. The van der Waals surface area contributed by atoms with Crippen LogP contribution in [0.2, 0.25) is 0 Å². The molecule has 24 heavy (non-hydrogen) atoms. The molecule has 2 fully saturated rings. The minimum atomic E-state index is -0.219. The second-order valence-electron chi connectivity index (χ2n) is 7.17. The molecular weight excluding hydrogens is 305 g/mol. The molecule has 1 saturated carbocycles. The number of benzene rings is 1. The van der Waals surface area contributed by atoms with Crippen molar-refractivity contribution in [1.29, 1.82) is 0 Å². The molecule has 5 heteroatoms. The molecule has 1 amide bonds. The zero-order valence-corrected chi connectivity index (χ0v) is 13.9. The van der Waals surface area contributed by atoms with Gasteiger partial charge in [-0.25, -0.2) is 4.39 Å². The van der Waals surface area contributed by atoms with Gasteiger partial charge < -0.3 is 4.90 Å². The van der Waals surface area contributed by atoms with Crippen LogP contribution in [0.4, 0.5) is 4.39 Å². The first-order valence-electron chi connectivity index (χ1n) is 8.62. The minimum absolute atomic E-state index is 0.0453. The van der Waals surface area contributed by atoms with E-state index in [0.717, 1.165) is 37.9 Å². The number of nitrogens with zero attached hydrogens (tertiary/aromatic N) is 3. The lowest BCUT2D eigenvalue weighted by atomic mass is 10.0. The van der Waals surface area contributed by atoms with E-state index in [1.54, 1.807) is 12.1 Å². The van der Waals surface area contributed by atoms with Gasteiger partial charge in [-0.05, 0) is 54.4 Å². The molecule has 1 aliphatic carbocycles. The normalized spacial score (nSPS) is 25.9. The molecule has 0 spiro atoms. The van der Waals surface area contributed by atoms with Gasteiger partial charge in [0, 0.05) is 32.3 Å². The summed E-state index contributed by atoms with van der Waals surface area (Å²) >= 11 is 0. The van der Waals surface area contributed by atoms with E-state index < -0.39 is 0 Å². The molecule has 1 aromatic heterocycles. The van der Waals surface area contributed by atoms with Crippen LogP contribution in [0.25, 0.3) is 0 Å². The van der Waals surface area contributed by atoms with Gasteiger partial charge in [-0.1, -0.05) is 12.1 Å². The van der Waals surface area contributed by atoms with Gasteiger partial charge in [-0.15, -0.1) is 0 Å². The number of rotatable bonds is 4. The van der Waals surface area contributed by atoms with E-state index in [1.165, 1.54) is 11.6 Å². The molecule has 0 radical (unpaired) electrons. The number of hydrogen-bond acceptors (Lipinski definition) is 2. The van der Waals surface area contributed by atoms with Gasteiger partial charge in [-0.2, -0.15) is 5.10 Å². The number of hydrogen-bond donors (Lipinski definition) is 0. The summed E-state index contributed by atoms with van der Waals surface area (Å²) in [6, 6.07) is 6.67. The predicted octanol–water partition coefficient (Wildman–Crippen LogP) is 2.75. The second kappa shape index (κ2) is 6.04. The summed E-state index contributed by atoms with van der Waals surface area (Å²) in [7, 11) is 1.92. The highest BCUT2D eigenvalue weighted by Crippen LogP contribution is 2.49. The fourth-order valence-electron chi connectivity index (χ4n) is 3.92. The Kier molecular flexibility index (Phi) is 3.87. The lowest BCUT2D eigenvalue weighted by molar-refractivity contribution is -0.131. The van der Waals surface area contributed by atoms with Crippen molar-refractivity contribution < 1.29 is 9.18 Å². The Balaban J connectivity index is 1.33. The van der Waals surface area contributed by atoms with E-state index in [4.69, 9.17) is 0 Å². The minimum Gasteiger partial charge on any atom is -0.342 e. The smallest absolute Gasteiger partial charge is 0.226 e. The molecule has 2 heterocycles. The summed E-state index contributed by atoms with van der Waals surface area (Å²) in [5.41, 5.74) is 2.19. The van der Waals surface area contributed by atoms with Gasteiger partial charge in [0.1, 0.15) is 5.82 Å². The number of likely N-dealkylation sites (tertiary alicyclic amines) is 1. The summed E-state index contributed by atoms with van der Waals surface area (Å²) in [5.74, 6) is 0.792. The number of aromatic nitrogens is 2. The van der Waals surface area contributed by atoms with Gasteiger partial charge in [-0.3, -0.25) is 9.48 Å². The number of halogens is 1. The van der Waals surface area contributed by atoms with Crippen LogP contribution >= 0.6 is 0 Å². The monoisotopic (exact) mass is 327 g/mol. The molecule has 1 aromatic carbocycles. The van der Waals surface area contributed by atoms with Gasteiger partial charge in [0.25, 0.3) is 0 Å². The van der Waals surface area contributed by atoms with Crippen LogP contribution in [-0.2, 0) is 18.3 Å². The maximum Gasteiger partial charge on any atom is 0.226 e. The number of carbonyl (C=O) groups excluding carboxylic acids is 1. The van der Waals surface area contributed by atoms with Crippen molar-refractivity contribution in [1.82, 2.24) is 14.7 Å². The Morgan fingerprint density at radius 1 is 1.42 bits per heavy atom. The van der Waals surface area contributed by atoms with Crippen LogP contribution < -0.4 is 0 Å². The van der Waals surface area contributed by atoms with Crippen molar-refractivity contribution in [3.63, 3.8) is 0 Å². The number of amides is 1. The Hall–Kier alpha value is -2.17. The maximum atomic E-state index is 13.3. The van der Waals surface area contributed by atoms with Gasteiger partial charge in [0.2, 0.25) is 5.91 Å². The highest BCUT2D eigenvalue weighted by atomic mass is 19.1. The Morgan fingerprint density at radius 3 is 3.04 bits per heavy atom. The first kappa shape index (κ1) is 15.4. The van der Waals surface area contributed by atoms with Crippen molar-refractivity contribution in [3.05, 3.63) is 53.6 Å². The van der Waals surface area contributed by atoms with Crippen molar-refractivity contribution in [3.8, 4) is 0 Å². The maximum absolute atomic E-state index is 13.3. The van der Waals surface area contributed by atoms with Crippen LogP contribution in [0, 0.1) is 17.7 Å². The largest absolute Gasteiger partial charge is 0.342 e. The zero-order valence-electron chi connectivity index (χ0n) is 13.9. The molecule has 0 unspecified atom stereocenters. The second-order valence-corrected chi connectivity index (χ2v) is 7.17. The van der Waals surface area contributed by atoms with Gasteiger partial charge >= 0.3 is 0 Å². The standard InChI is InChI=1S/C19H22FN3O/c1-22-11-14(10-21-22)7-13-5-6-23(12-13)19(24)18-9-17(18)15-3-2-4-16(20)8-15/h2-4,8,10-11,13,17-18H,5-7,9,12H2,1H3/t13-,17-,18-/m1/s1. The molecule has 126 valence electrons. The van der Waals surface area contributed by atoms with E-state index in [1.807, 2.05) is 35.1 Å². The van der Waals surface area contributed by atoms with E-state index in [0.29, 0.717) is 5.92 Å². The molecule has 2 aromatic rings.